The lowest BCUT2D eigenvalue weighted by atomic mass is 9.75. The molecule has 2 amide bonds. The first-order valence-corrected chi connectivity index (χ1v) is 13.5. The van der Waals surface area contributed by atoms with Gasteiger partial charge in [0.1, 0.15) is 5.75 Å². The van der Waals surface area contributed by atoms with Gasteiger partial charge in [-0.2, -0.15) is 0 Å². The molecule has 1 spiro atoms. The number of amides is 2. The van der Waals surface area contributed by atoms with Crippen LogP contribution >= 0.6 is 0 Å². The van der Waals surface area contributed by atoms with Crippen molar-refractivity contribution in [2.45, 2.75) is 51.0 Å². The second kappa shape index (κ2) is 11.5. The number of hydrogen-bond donors (Lipinski definition) is 0. The number of nitrogens with zero attached hydrogens (tertiary/aromatic N) is 3. The minimum atomic E-state index is -0.0502. The van der Waals surface area contributed by atoms with Crippen LogP contribution in [0.15, 0.2) is 42.6 Å². The number of piperidine rings is 1. The van der Waals surface area contributed by atoms with Crippen molar-refractivity contribution < 1.29 is 23.8 Å². The fraction of sp³-hybridized carbons (Fsp3) is 0.552. The molecule has 0 bridgehead atoms. The SMILES string of the molecule is COc1ccc(C(=O)N2CCC3(CCCCOC[C@@H]4CCCN4C(=O)c4ccccc4OC3)CC2)cn1. The highest BCUT2D eigenvalue weighted by Gasteiger charge is 2.38. The van der Waals surface area contributed by atoms with Gasteiger partial charge in [-0.1, -0.05) is 18.6 Å². The standard InChI is InChI=1S/C29H37N3O5/c1-35-26-11-10-22(19-30-26)27(33)31-16-13-29(14-17-31)12-4-5-18-36-20-23-7-6-15-32(23)28(34)24-8-2-3-9-25(24)37-21-29/h2-3,8-11,19,23H,4-7,12-18,20-21H2,1H3/t23-/m0/s1. The number of aromatic nitrogens is 1. The van der Waals surface area contributed by atoms with Gasteiger partial charge in [0.15, 0.2) is 0 Å². The summed E-state index contributed by atoms with van der Waals surface area (Å²) in [5, 5.41) is 0. The van der Waals surface area contributed by atoms with Crippen LogP contribution in [-0.2, 0) is 4.74 Å². The van der Waals surface area contributed by atoms with Gasteiger partial charge in [-0.15, -0.1) is 0 Å². The minimum Gasteiger partial charge on any atom is -0.492 e. The van der Waals surface area contributed by atoms with Crippen molar-refractivity contribution in [3.8, 4) is 11.6 Å². The largest absolute Gasteiger partial charge is 0.492 e. The number of para-hydroxylation sites is 1. The van der Waals surface area contributed by atoms with Gasteiger partial charge < -0.3 is 24.0 Å². The molecule has 1 aromatic carbocycles. The zero-order valence-electron chi connectivity index (χ0n) is 21.7. The maximum atomic E-state index is 13.5. The van der Waals surface area contributed by atoms with Crippen LogP contribution in [-0.4, -0.2) is 79.2 Å². The Hall–Kier alpha value is -3.13. The summed E-state index contributed by atoms with van der Waals surface area (Å²) >= 11 is 0. The average Bonchev–Trinajstić information content (AvgIpc) is 3.42. The summed E-state index contributed by atoms with van der Waals surface area (Å²) in [5.41, 5.74) is 1.15. The third-order valence-electron chi connectivity index (χ3n) is 8.15. The lowest BCUT2D eigenvalue weighted by Gasteiger charge is -2.42. The molecule has 0 unspecified atom stereocenters. The van der Waals surface area contributed by atoms with E-state index in [1.165, 1.54) is 0 Å². The zero-order valence-corrected chi connectivity index (χ0v) is 21.7. The molecule has 0 radical (unpaired) electrons. The molecule has 3 aliphatic rings. The Labute approximate surface area is 218 Å². The molecule has 4 heterocycles. The topological polar surface area (TPSA) is 81.2 Å². The van der Waals surface area contributed by atoms with Crippen molar-refractivity contribution in [2.24, 2.45) is 5.41 Å². The third-order valence-corrected chi connectivity index (χ3v) is 8.15. The van der Waals surface area contributed by atoms with Gasteiger partial charge in [0.25, 0.3) is 11.8 Å². The van der Waals surface area contributed by atoms with E-state index in [4.69, 9.17) is 14.2 Å². The van der Waals surface area contributed by atoms with Crippen LogP contribution in [0.4, 0.5) is 0 Å². The van der Waals surface area contributed by atoms with Gasteiger partial charge >= 0.3 is 0 Å². The molecule has 2 fully saturated rings. The molecule has 0 N–H and O–H groups in total. The molecule has 37 heavy (non-hydrogen) atoms. The van der Waals surface area contributed by atoms with E-state index >= 15 is 0 Å². The molecule has 0 aliphatic carbocycles. The normalized spacial score (nSPS) is 22.5. The van der Waals surface area contributed by atoms with Crippen LogP contribution in [0.1, 0.15) is 65.7 Å². The lowest BCUT2D eigenvalue weighted by Crippen LogP contribution is -2.45. The van der Waals surface area contributed by atoms with Crippen LogP contribution < -0.4 is 9.47 Å². The summed E-state index contributed by atoms with van der Waals surface area (Å²) in [6, 6.07) is 11.2. The van der Waals surface area contributed by atoms with Gasteiger partial charge in [0, 0.05) is 43.9 Å². The molecular weight excluding hydrogens is 470 g/mol. The predicted octanol–water partition coefficient (Wildman–Crippen LogP) is 4.20. The Morgan fingerprint density at radius 1 is 1.05 bits per heavy atom. The van der Waals surface area contributed by atoms with E-state index in [0.717, 1.165) is 51.5 Å². The second-order valence-electron chi connectivity index (χ2n) is 10.5. The quantitative estimate of drug-likeness (QED) is 0.606. The molecule has 1 atom stereocenters. The summed E-state index contributed by atoms with van der Waals surface area (Å²) in [4.78, 5) is 34.6. The van der Waals surface area contributed by atoms with Gasteiger partial charge in [0.05, 0.1) is 37.5 Å². The number of likely N-dealkylation sites (tertiary alicyclic amines) is 1. The molecule has 8 nitrogen and oxygen atoms in total. The number of fused-ring (bicyclic) bond motifs is 2. The van der Waals surface area contributed by atoms with Gasteiger partial charge in [-0.05, 0) is 56.7 Å². The summed E-state index contributed by atoms with van der Waals surface area (Å²) in [5.74, 6) is 1.17. The molecule has 0 saturated carbocycles. The molecule has 5 rings (SSSR count). The van der Waals surface area contributed by atoms with Crippen molar-refractivity contribution in [3.05, 3.63) is 53.7 Å². The number of hydrogen-bond acceptors (Lipinski definition) is 6. The van der Waals surface area contributed by atoms with Gasteiger partial charge in [-0.3, -0.25) is 9.59 Å². The Balaban J connectivity index is 1.30. The van der Waals surface area contributed by atoms with Crippen LogP contribution in [0.2, 0.25) is 0 Å². The number of benzene rings is 1. The van der Waals surface area contributed by atoms with Gasteiger partial charge in [-0.25, -0.2) is 4.98 Å². The molecular formula is C29H37N3O5. The van der Waals surface area contributed by atoms with Crippen LogP contribution in [0.3, 0.4) is 0 Å². The first kappa shape index (κ1) is 25.5. The van der Waals surface area contributed by atoms with Crippen LogP contribution in [0, 0.1) is 5.41 Å². The second-order valence-corrected chi connectivity index (χ2v) is 10.5. The van der Waals surface area contributed by atoms with E-state index in [0.29, 0.717) is 55.7 Å². The van der Waals surface area contributed by atoms with Crippen molar-refractivity contribution in [1.29, 1.82) is 0 Å². The molecule has 1 aromatic heterocycles. The summed E-state index contributed by atoms with van der Waals surface area (Å²) in [6.45, 7) is 3.94. The highest BCUT2D eigenvalue weighted by atomic mass is 16.5. The number of rotatable bonds is 2. The van der Waals surface area contributed by atoms with E-state index < -0.39 is 0 Å². The Bertz CT molecular complexity index is 1080. The van der Waals surface area contributed by atoms with E-state index in [2.05, 4.69) is 4.98 Å². The van der Waals surface area contributed by atoms with Crippen molar-refractivity contribution in [1.82, 2.24) is 14.8 Å². The summed E-state index contributed by atoms with van der Waals surface area (Å²) in [6.07, 6.45) is 8.32. The highest BCUT2D eigenvalue weighted by molar-refractivity contribution is 5.97. The molecule has 198 valence electrons. The Kier molecular flexibility index (Phi) is 7.93. The molecule has 2 aromatic rings. The molecule has 2 saturated heterocycles. The van der Waals surface area contributed by atoms with E-state index in [1.807, 2.05) is 34.1 Å². The van der Waals surface area contributed by atoms with Crippen molar-refractivity contribution in [2.75, 3.05) is 46.6 Å². The van der Waals surface area contributed by atoms with E-state index in [9.17, 15) is 9.59 Å². The highest BCUT2D eigenvalue weighted by Crippen LogP contribution is 2.38. The maximum absolute atomic E-state index is 13.5. The number of carbonyl (C=O) groups excluding carboxylic acids is 2. The first-order valence-electron chi connectivity index (χ1n) is 13.5. The molecule has 3 aliphatic heterocycles. The Morgan fingerprint density at radius 3 is 2.68 bits per heavy atom. The zero-order chi connectivity index (χ0) is 25.7. The monoisotopic (exact) mass is 507 g/mol. The van der Waals surface area contributed by atoms with Gasteiger partial charge in [0.2, 0.25) is 5.88 Å². The smallest absolute Gasteiger partial charge is 0.257 e. The minimum absolute atomic E-state index is 0.00340. The fourth-order valence-corrected chi connectivity index (χ4v) is 5.82. The Morgan fingerprint density at radius 2 is 1.89 bits per heavy atom. The fourth-order valence-electron chi connectivity index (χ4n) is 5.82. The third kappa shape index (κ3) is 5.74. The number of methoxy groups -OCH3 is 1. The van der Waals surface area contributed by atoms with Crippen LogP contribution in [0.25, 0.3) is 0 Å². The van der Waals surface area contributed by atoms with Crippen LogP contribution in [0.5, 0.6) is 11.6 Å². The van der Waals surface area contributed by atoms with Crippen molar-refractivity contribution in [3.63, 3.8) is 0 Å². The maximum Gasteiger partial charge on any atom is 0.257 e. The number of ether oxygens (including phenoxy) is 3. The first-order chi connectivity index (χ1) is 18.1. The lowest BCUT2D eigenvalue weighted by molar-refractivity contribution is 0.0303. The van der Waals surface area contributed by atoms with Crippen molar-refractivity contribution >= 4 is 11.8 Å². The average molecular weight is 508 g/mol. The molecule has 8 heteroatoms. The predicted molar refractivity (Wildman–Crippen MR) is 139 cm³/mol. The number of carbonyl (C=O) groups is 2. The van der Waals surface area contributed by atoms with E-state index in [-0.39, 0.29) is 23.3 Å². The summed E-state index contributed by atoms with van der Waals surface area (Å²) in [7, 11) is 1.56. The van der Waals surface area contributed by atoms with E-state index in [1.54, 1.807) is 25.4 Å². The summed E-state index contributed by atoms with van der Waals surface area (Å²) < 4.78 is 17.6. The number of pyridine rings is 1.